The van der Waals surface area contributed by atoms with E-state index in [1.54, 1.807) is 19.4 Å². The van der Waals surface area contributed by atoms with Gasteiger partial charge in [0, 0.05) is 17.5 Å². The standard InChI is InChI=1S/C23H25NO5S/c1-23(2,3)29-22(26)20(17-7-6-10-24-17)16-11-14(8-9-18(16)27-4)15-12-19(30-13-15)21(25)28-5/h6-13,20,24H,1-5H3. The van der Waals surface area contributed by atoms with Crippen LogP contribution < -0.4 is 4.74 Å². The number of hydrogen-bond acceptors (Lipinski definition) is 6. The van der Waals surface area contributed by atoms with Crippen LogP contribution in [0.4, 0.5) is 0 Å². The molecule has 1 aromatic carbocycles. The lowest BCUT2D eigenvalue weighted by Crippen LogP contribution is -2.28. The molecule has 0 bridgehead atoms. The average Bonchev–Trinajstić information content (AvgIpc) is 3.38. The first-order valence-electron chi connectivity index (χ1n) is 9.45. The SMILES string of the molecule is COC(=O)c1cc(-c2ccc(OC)c(C(C(=O)OC(C)(C)C)c3ccc[nH]3)c2)cs1. The van der Waals surface area contributed by atoms with E-state index < -0.39 is 11.5 Å². The second-order valence-electron chi connectivity index (χ2n) is 7.74. The number of nitrogens with one attached hydrogen (secondary N) is 1. The minimum Gasteiger partial charge on any atom is -0.496 e. The molecule has 0 saturated carbocycles. The van der Waals surface area contributed by atoms with E-state index in [2.05, 4.69) is 4.98 Å². The van der Waals surface area contributed by atoms with Gasteiger partial charge in [0.15, 0.2) is 0 Å². The lowest BCUT2D eigenvalue weighted by Gasteiger charge is -2.25. The Labute approximate surface area is 179 Å². The molecule has 1 N–H and O–H groups in total. The van der Waals surface area contributed by atoms with Crippen molar-refractivity contribution in [2.75, 3.05) is 14.2 Å². The fraction of sp³-hybridized carbons (Fsp3) is 0.304. The molecule has 0 aliphatic rings. The molecular weight excluding hydrogens is 402 g/mol. The average molecular weight is 428 g/mol. The highest BCUT2D eigenvalue weighted by Crippen LogP contribution is 2.37. The molecule has 0 amide bonds. The van der Waals surface area contributed by atoms with Crippen LogP contribution in [-0.4, -0.2) is 36.7 Å². The number of H-pyrrole nitrogens is 1. The van der Waals surface area contributed by atoms with E-state index >= 15 is 0 Å². The van der Waals surface area contributed by atoms with Crippen LogP contribution in [0.25, 0.3) is 11.1 Å². The topological polar surface area (TPSA) is 77.6 Å². The van der Waals surface area contributed by atoms with Gasteiger partial charge in [-0.05, 0) is 67.6 Å². The van der Waals surface area contributed by atoms with Crippen LogP contribution in [0.5, 0.6) is 5.75 Å². The molecule has 0 radical (unpaired) electrons. The van der Waals surface area contributed by atoms with Gasteiger partial charge in [-0.15, -0.1) is 11.3 Å². The van der Waals surface area contributed by atoms with Gasteiger partial charge in [-0.25, -0.2) is 4.79 Å². The Kier molecular flexibility index (Phi) is 6.31. The number of ether oxygens (including phenoxy) is 3. The van der Waals surface area contributed by atoms with Crippen LogP contribution in [0.3, 0.4) is 0 Å². The minimum atomic E-state index is -0.687. The number of hydrogen-bond donors (Lipinski definition) is 1. The zero-order chi connectivity index (χ0) is 21.9. The third kappa shape index (κ3) is 4.74. The molecule has 0 fully saturated rings. The number of carbonyl (C=O) groups excluding carboxylic acids is 2. The highest BCUT2D eigenvalue weighted by Gasteiger charge is 2.31. The second-order valence-corrected chi connectivity index (χ2v) is 8.65. The Balaban J connectivity index is 2.08. The van der Waals surface area contributed by atoms with Crippen molar-refractivity contribution in [3.8, 4) is 16.9 Å². The van der Waals surface area contributed by atoms with Crippen molar-refractivity contribution in [3.05, 3.63) is 64.1 Å². The summed E-state index contributed by atoms with van der Waals surface area (Å²) >= 11 is 1.31. The molecule has 30 heavy (non-hydrogen) atoms. The molecule has 0 aliphatic heterocycles. The second kappa shape index (κ2) is 8.75. The zero-order valence-corrected chi connectivity index (χ0v) is 18.5. The highest BCUT2D eigenvalue weighted by molar-refractivity contribution is 7.12. The van der Waals surface area contributed by atoms with E-state index in [4.69, 9.17) is 14.2 Å². The van der Waals surface area contributed by atoms with Crippen LogP contribution in [0.15, 0.2) is 48.0 Å². The first-order valence-corrected chi connectivity index (χ1v) is 10.3. The van der Waals surface area contributed by atoms with Gasteiger partial charge in [0.05, 0.1) is 14.2 Å². The molecule has 0 aliphatic carbocycles. The number of aromatic amines is 1. The molecule has 1 atom stereocenters. The summed E-state index contributed by atoms with van der Waals surface area (Å²) in [5.74, 6) is -0.862. The van der Waals surface area contributed by atoms with Crippen molar-refractivity contribution >= 4 is 23.3 Å². The fourth-order valence-corrected chi connectivity index (χ4v) is 3.97. The Morgan fingerprint density at radius 1 is 1.07 bits per heavy atom. The smallest absolute Gasteiger partial charge is 0.348 e. The van der Waals surface area contributed by atoms with Gasteiger partial charge in [0.1, 0.15) is 22.1 Å². The summed E-state index contributed by atoms with van der Waals surface area (Å²) < 4.78 is 16.1. The number of carbonyl (C=O) groups is 2. The number of benzene rings is 1. The van der Waals surface area contributed by atoms with Crippen molar-refractivity contribution in [2.45, 2.75) is 32.3 Å². The summed E-state index contributed by atoms with van der Waals surface area (Å²) in [6, 6.07) is 11.1. The number of rotatable bonds is 6. The third-order valence-corrected chi connectivity index (χ3v) is 5.35. The Morgan fingerprint density at radius 2 is 1.83 bits per heavy atom. The summed E-state index contributed by atoms with van der Waals surface area (Å²) in [7, 11) is 2.92. The van der Waals surface area contributed by atoms with Gasteiger partial charge in [-0.3, -0.25) is 4.79 Å². The molecule has 158 valence electrons. The van der Waals surface area contributed by atoms with Crippen molar-refractivity contribution < 1.29 is 23.8 Å². The lowest BCUT2D eigenvalue weighted by molar-refractivity contribution is -0.155. The van der Waals surface area contributed by atoms with E-state index in [-0.39, 0.29) is 11.9 Å². The predicted molar refractivity (Wildman–Crippen MR) is 116 cm³/mol. The predicted octanol–water partition coefficient (Wildman–Crippen LogP) is 5.01. The Hall–Kier alpha value is -3.06. The van der Waals surface area contributed by atoms with Crippen molar-refractivity contribution in [1.82, 2.24) is 4.98 Å². The van der Waals surface area contributed by atoms with Crippen LogP contribution in [0, 0.1) is 0 Å². The summed E-state index contributed by atoms with van der Waals surface area (Å²) in [6.07, 6.45) is 1.77. The van der Waals surface area contributed by atoms with Gasteiger partial charge < -0.3 is 19.2 Å². The van der Waals surface area contributed by atoms with Gasteiger partial charge in [-0.2, -0.15) is 0 Å². The maximum absolute atomic E-state index is 13.1. The van der Waals surface area contributed by atoms with Gasteiger partial charge in [0.2, 0.25) is 0 Å². The Morgan fingerprint density at radius 3 is 2.43 bits per heavy atom. The number of thiophene rings is 1. The monoisotopic (exact) mass is 427 g/mol. The van der Waals surface area contributed by atoms with Crippen molar-refractivity contribution in [3.63, 3.8) is 0 Å². The molecule has 2 aromatic heterocycles. The summed E-state index contributed by atoms with van der Waals surface area (Å²) in [5, 5.41) is 1.88. The quantitative estimate of drug-likeness (QED) is 0.560. The summed E-state index contributed by atoms with van der Waals surface area (Å²) in [4.78, 5) is 28.6. The van der Waals surface area contributed by atoms with E-state index in [1.807, 2.05) is 56.5 Å². The largest absolute Gasteiger partial charge is 0.496 e. The molecule has 2 heterocycles. The molecule has 6 nitrogen and oxygen atoms in total. The lowest BCUT2D eigenvalue weighted by atomic mass is 9.92. The molecule has 3 aromatic rings. The van der Waals surface area contributed by atoms with Gasteiger partial charge >= 0.3 is 11.9 Å². The molecule has 0 saturated heterocycles. The van der Waals surface area contributed by atoms with Crippen LogP contribution >= 0.6 is 11.3 Å². The third-order valence-electron chi connectivity index (χ3n) is 4.44. The van der Waals surface area contributed by atoms with E-state index in [1.165, 1.54) is 18.4 Å². The Bertz CT molecular complexity index is 1030. The molecule has 0 spiro atoms. The van der Waals surface area contributed by atoms with Crippen LogP contribution in [-0.2, 0) is 14.3 Å². The maximum atomic E-state index is 13.1. The first-order chi connectivity index (χ1) is 14.2. The van der Waals surface area contributed by atoms with Crippen LogP contribution in [0.2, 0.25) is 0 Å². The number of esters is 2. The van der Waals surface area contributed by atoms with Gasteiger partial charge in [-0.1, -0.05) is 6.07 Å². The zero-order valence-electron chi connectivity index (χ0n) is 17.6. The van der Waals surface area contributed by atoms with Crippen molar-refractivity contribution in [1.29, 1.82) is 0 Å². The minimum absolute atomic E-state index is 0.374. The van der Waals surface area contributed by atoms with Crippen molar-refractivity contribution in [2.24, 2.45) is 0 Å². The number of aromatic nitrogens is 1. The maximum Gasteiger partial charge on any atom is 0.348 e. The van der Waals surface area contributed by atoms with E-state index in [0.717, 1.165) is 11.1 Å². The molecule has 1 unspecified atom stereocenters. The van der Waals surface area contributed by atoms with E-state index in [9.17, 15) is 9.59 Å². The molecule has 7 heteroatoms. The summed E-state index contributed by atoms with van der Waals surface area (Å²) in [6.45, 7) is 5.51. The van der Waals surface area contributed by atoms with Crippen LogP contribution in [0.1, 0.15) is 47.6 Å². The highest BCUT2D eigenvalue weighted by atomic mass is 32.1. The van der Waals surface area contributed by atoms with Gasteiger partial charge in [0.25, 0.3) is 0 Å². The molecule has 3 rings (SSSR count). The summed E-state index contributed by atoms with van der Waals surface area (Å²) in [5.41, 5.74) is 2.48. The first kappa shape index (κ1) is 21.6. The fourth-order valence-electron chi connectivity index (χ4n) is 3.14. The number of methoxy groups -OCH3 is 2. The van der Waals surface area contributed by atoms with E-state index in [0.29, 0.717) is 21.9 Å². The normalized spacial score (nSPS) is 12.3. The molecular formula is C23H25NO5S.